The van der Waals surface area contributed by atoms with E-state index in [9.17, 15) is 13.2 Å². The molecule has 0 bridgehead atoms. The highest BCUT2D eigenvalue weighted by Crippen LogP contribution is 2.36. The van der Waals surface area contributed by atoms with Gasteiger partial charge in [0, 0.05) is 6.26 Å². The van der Waals surface area contributed by atoms with Crippen LogP contribution in [0.2, 0.25) is 0 Å². The first-order chi connectivity index (χ1) is 12.2. The molecule has 1 aliphatic rings. The molecule has 0 amide bonds. The van der Waals surface area contributed by atoms with Crippen molar-refractivity contribution in [3.63, 3.8) is 0 Å². The number of rotatable bonds is 6. The van der Waals surface area contributed by atoms with Crippen molar-refractivity contribution in [2.45, 2.75) is 63.4 Å². The van der Waals surface area contributed by atoms with Crippen LogP contribution in [-0.4, -0.2) is 50.8 Å². The fourth-order valence-electron chi connectivity index (χ4n) is 2.86. The number of aryl methyl sites for hydroxylation is 1. The lowest BCUT2D eigenvalue weighted by atomic mass is 9.78. The Morgan fingerprint density at radius 3 is 2.00 bits per heavy atom. The second-order valence-corrected chi connectivity index (χ2v) is 10.8. The van der Waals surface area contributed by atoms with E-state index >= 15 is 0 Å². The number of carbonyl (C=O) groups is 1. The minimum atomic E-state index is -3.61. The second-order valence-electron chi connectivity index (χ2n) is 8.32. The average Bonchev–Trinajstić information content (AvgIpc) is 2.79. The van der Waals surface area contributed by atoms with Gasteiger partial charge in [0.05, 0.1) is 18.3 Å². The van der Waals surface area contributed by atoms with Gasteiger partial charge in [0.2, 0.25) is 0 Å². The Balaban J connectivity index is 2.12. The summed E-state index contributed by atoms with van der Waals surface area (Å²) >= 11 is 0. The van der Waals surface area contributed by atoms with Gasteiger partial charge in [0.25, 0.3) is 0 Å². The number of carbonyl (C=O) groups excluding carboxylic acids is 1. The van der Waals surface area contributed by atoms with Crippen LogP contribution in [0.5, 0.6) is 0 Å². The highest BCUT2D eigenvalue weighted by Gasteiger charge is 2.51. The molecule has 0 aromatic heterocycles. The molecule has 0 aliphatic carbocycles. The number of hydrogen-bond acceptors (Lipinski definition) is 6. The van der Waals surface area contributed by atoms with Crippen molar-refractivity contribution in [1.29, 1.82) is 0 Å². The summed E-state index contributed by atoms with van der Waals surface area (Å²) in [5, 5.41) is 0. The molecule has 1 aliphatic heterocycles. The normalized spacial score (nSPS) is 20.9. The predicted octanol–water partition coefficient (Wildman–Crippen LogP) is 1.89. The van der Waals surface area contributed by atoms with E-state index in [0.29, 0.717) is 6.42 Å². The van der Waals surface area contributed by atoms with E-state index in [-0.39, 0.29) is 6.42 Å². The first kappa shape index (κ1) is 21.9. The number of esters is 1. The first-order valence-corrected chi connectivity index (χ1v) is 10.9. The summed E-state index contributed by atoms with van der Waals surface area (Å²) in [4.78, 5) is 12.0. The maximum absolute atomic E-state index is 12.1. The van der Waals surface area contributed by atoms with Gasteiger partial charge in [0.1, 0.15) is 0 Å². The minimum absolute atomic E-state index is 0.147. The van der Waals surface area contributed by atoms with Crippen molar-refractivity contribution in [3.05, 3.63) is 29.8 Å². The molecule has 6 nitrogen and oxygen atoms in total. The second kappa shape index (κ2) is 7.22. The lowest BCUT2D eigenvalue weighted by Crippen LogP contribution is -2.44. The van der Waals surface area contributed by atoms with Crippen molar-refractivity contribution in [2.75, 3.05) is 13.4 Å². The molecule has 0 saturated carbocycles. The Hall–Kier alpha value is -1.38. The summed E-state index contributed by atoms with van der Waals surface area (Å²) < 4.78 is 39.4. The lowest BCUT2D eigenvalue weighted by molar-refractivity contribution is -0.143. The molecule has 1 heterocycles. The van der Waals surface area contributed by atoms with E-state index in [1.165, 1.54) is 14.0 Å². The SMILES string of the molecule is COC(=O)[C@@](C)(CCc1ccc(B2OC(C)(C)C(C)(C)O2)cc1)S(C)(=O)=O. The molecule has 0 N–H and O–H groups in total. The highest BCUT2D eigenvalue weighted by molar-refractivity contribution is 7.92. The van der Waals surface area contributed by atoms with Gasteiger partial charge in [-0.3, -0.25) is 4.79 Å². The Morgan fingerprint density at radius 2 is 1.59 bits per heavy atom. The molecule has 1 aromatic rings. The molecule has 2 rings (SSSR count). The maximum atomic E-state index is 12.1. The number of ether oxygens (including phenoxy) is 1. The van der Waals surface area contributed by atoms with E-state index < -0.39 is 38.9 Å². The zero-order valence-corrected chi connectivity index (χ0v) is 18.0. The van der Waals surface area contributed by atoms with Crippen molar-refractivity contribution in [1.82, 2.24) is 0 Å². The zero-order valence-electron chi connectivity index (χ0n) is 17.2. The molecule has 1 saturated heterocycles. The van der Waals surface area contributed by atoms with Crippen molar-refractivity contribution < 1.29 is 27.3 Å². The number of benzene rings is 1. The van der Waals surface area contributed by atoms with Crippen LogP contribution in [-0.2, 0) is 35.1 Å². The third-order valence-corrected chi connectivity index (χ3v) is 7.84. The van der Waals surface area contributed by atoms with Crippen molar-refractivity contribution >= 4 is 28.4 Å². The Bertz CT molecular complexity index is 784. The van der Waals surface area contributed by atoms with Gasteiger partial charge in [-0.15, -0.1) is 0 Å². The van der Waals surface area contributed by atoms with E-state index in [2.05, 4.69) is 0 Å². The van der Waals surface area contributed by atoms with Crippen molar-refractivity contribution in [2.24, 2.45) is 0 Å². The quantitative estimate of drug-likeness (QED) is 0.540. The fraction of sp³-hybridized carbons (Fsp3) is 0.632. The number of methoxy groups -OCH3 is 1. The summed E-state index contributed by atoms with van der Waals surface area (Å²) in [7, 11) is -2.85. The predicted molar refractivity (Wildman–Crippen MR) is 106 cm³/mol. The Morgan fingerprint density at radius 1 is 1.11 bits per heavy atom. The first-order valence-electron chi connectivity index (χ1n) is 8.96. The van der Waals surface area contributed by atoms with Crippen LogP contribution < -0.4 is 5.46 Å². The van der Waals surface area contributed by atoms with Gasteiger partial charge >= 0.3 is 13.1 Å². The van der Waals surface area contributed by atoms with Crippen LogP contribution >= 0.6 is 0 Å². The third kappa shape index (κ3) is 4.22. The summed E-state index contributed by atoms with van der Waals surface area (Å²) in [6.07, 6.45) is 1.64. The smallest absolute Gasteiger partial charge is 0.468 e. The van der Waals surface area contributed by atoms with Crippen LogP contribution in [0.3, 0.4) is 0 Å². The van der Waals surface area contributed by atoms with E-state index in [0.717, 1.165) is 17.3 Å². The van der Waals surface area contributed by atoms with E-state index in [1.54, 1.807) is 0 Å². The van der Waals surface area contributed by atoms with Gasteiger partial charge in [-0.05, 0) is 58.5 Å². The standard InChI is InChI=1S/C19H29BO6S/c1-17(2)18(3,4)26-20(25-17)15-10-8-14(9-11-15)12-13-19(5,16(21)24-6)27(7,22)23/h8-11H,12-13H2,1-7H3/t19-/m1/s1. The van der Waals surface area contributed by atoms with Crippen molar-refractivity contribution in [3.8, 4) is 0 Å². The van der Waals surface area contributed by atoms with Crippen LogP contribution in [0.25, 0.3) is 0 Å². The molecule has 0 unspecified atom stereocenters. The molecule has 1 aromatic carbocycles. The Kier molecular flexibility index (Phi) is 5.86. The Labute approximate surface area is 162 Å². The molecule has 0 spiro atoms. The molecule has 8 heteroatoms. The summed E-state index contributed by atoms with van der Waals surface area (Å²) in [5.41, 5.74) is 1.01. The molecule has 0 radical (unpaired) electrons. The van der Waals surface area contributed by atoms with Gasteiger partial charge in [0.15, 0.2) is 14.6 Å². The number of hydrogen-bond donors (Lipinski definition) is 0. The van der Waals surface area contributed by atoms with Gasteiger partial charge in [-0.2, -0.15) is 0 Å². The number of sulfone groups is 1. The van der Waals surface area contributed by atoms with Crippen LogP contribution in [0.4, 0.5) is 0 Å². The summed E-state index contributed by atoms with van der Waals surface area (Å²) in [6, 6.07) is 7.63. The van der Waals surface area contributed by atoms with E-state index in [4.69, 9.17) is 14.0 Å². The monoisotopic (exact) mass is 396 g/mol. The van der Waals surface area contributed by atoms with Crippen LogP contribution in [0, 0.1) is 0 Å². The molecule has 27 heavy (non-hydrogen) atoms. The molecular formula is C19H29BO6S. The molecule has 1 fully saturated rings. The highest BCUT2D eigenvalue weighted by atomic mass is 32.2. The summed E-state index contributed by atoms with van der Waals surface area (Å²) in [6.45, 7) is 9.41. The largest absolute Gasteiger partial charge is 0.494 e. The summed E-state index contributed by atoms with van der Waals surface area (Å²) in [5.74, 6) is -0.737. The maximum Gasteiger partial charge on any atom is 0.494 e. The van der Waals surface area contributed by atoms with Gasteiger partial charge < -0.3 is 14.0 Å². The zero-order chi connectivity index (χ0) is 20.7. The van der Waals surface area contributed by atoms with Crippen LogP contribution in [0.1, 0.15) is 46.6 Å². The van der Waals surface area contributed by atoms with Crippen LogP contribution in [0.15, 0.2) is 24.3 Å². The topological polar surface area (TPSA) is 78.9 Å². The third-order valence-electron chi connectivity index (χ3n) is 5.83. The molecule has 150 valence electrons. The van der Waals surface area contributed by atoms with Gasteiger partial charge in [-0.25, -0.2) is 8.42 Å². The average molecular weight is 396 g/mol. The lowest BCUT2D eigenvalue weighted by Gasteiger charge is -2.32. The fourth-order valence-corrected chi connectivity index (χ4v) is 3.72. The molecular weight excluding hydrogens is 367 g/mol. The minimum Gasteiger partial charge on any atom is -0.468 e. The van der Waals surface area contributed by atoms with E-state index in [1.807, 2.05) is 52.0 Å². The van der Waals surface area contributed by atoms with Gasteiger partial charge in [-0.1, -0.05) is 24.3 Å². The molecule has 1 atom stereocenters.